The molecule has 2 aliphatic rings. The number of halogens is 1. The fourth-order valence-electron chi connectivity index (χ4n) is 5.69. The van der Waals surface area contributed by atoms with Crippen LogP contribution >= 0.6 is 11.6 Å². The second-order valence-corrected chi connectivity index (χ2v) is 13.0. The zero-order valence-corrected chi connectivity index (χ0v) is 24.6. The summed E-state index contributed by atoms with van der Waals surface area (Å²) in [5.74, 6) is 0.360. The maximum atomic E-state index is 13.5. The Morgan fingerprint density at radius 1 is 1.00 bits per heavy atom. The number of hydrogen-bond donors (Lipinski definition) is 0. The number of carbonyl (C=O) groups excluding carboxylic acids is 1. The first-order valence-corrected chi connectivity index (χ1v) is 15.5. The minimum Gasteiger partial charge on any atom is -0.486 e. The van der Waals surface area contributed by atoms with Crippen LogP contribution in [0.5, 0.6) is 5.75 Å². The SMILES string of the molecule is CO[C@@H]1CN(C(=O)c2cc(C)ccc2C)C[C@H]1Oc1cccc(CS(=O)(=O)N2CCCC2c2ccccc2Cl)c1. The molecule has 0 bridgehead atoms. The van der Waals surface area contributed by atoms with Crippen LogP contribution in [0.15, 0.2) is 66.7 Å². The zero-order chi connectivity index (χ0) is 28.4. The maximum Gasteiger partial charge on any atom is 0.254 e. The van der Waals surface area contributed by atoms with E-state index in [0.717, 1.165) is 29.5 Å². The summed E-state index contributed by atoms with van der Waals surface area (Å²) in [6, 6.07) is 20.2. The number of likely N-dealkylation sites (tertiary alicyclic amines) is 1. The van der Waals surface area contributed by atoms with E-state index < -0.39 is 10.0 Å². The minimum absolute atomic E-state index is 0.0483. The first-order valence-electron chi connectivity index (χ1n) is 13.5. The van der Waals surface area contributed by atoms with Crippen molar-refractivity contribution in [3.63, 3.8) is 0 Å². The quantitative estimate of drug-likeness (QED) is 0.348. The van der Waals surface area contributed by atoms with E-state index in [1.165, 1.54) is 0 Å². The number of rotatable bonds is 8. The van der Waals surface area contributed by atoms with Crippen molar-refractivity contribution >= 4 is 27.5 Å². The van der Waals surface area contributed by atoms with Crippen LogP contribution in [0.1, 0.15) is 51.5 Å². The Bertz CT molecular complexity index is 1490. The Labute approximate surface area is 241 Å². The van der Waals surface area contributed by atoms with E-state index in [9.17, 15) is 13.2 Å². The average molecular weight is 583 g/mol. The fraction of sp³-hybridized carbons (Fsp3) is 0.387. The van der Waals surface area contributed by atoms with Crippen LogP contribution in [-0.4, -0.2) is 62.5 Å². The molecule has 7 nitrogen and oxygen atoms in total. The van der Waals surface area contributed by atoms with Crippen molar-refractivity contribution in [3.8, 4) is 5.75 Å². The summed E-state index contributed by atoms with van der Waals surface area (Å²) in [6.45, 7) is 5.16. The first kappa shape index (κ1) is 28.6. The number of benzene rings is 3. The predicted octanol–water partition coefficient (Wildman–Crippen LogP) is 5.54. The highest BCUT2D eigenvalue weighted by Crippen LogP contribution is 2.38. The van der Waals surface area contributed by atoms with Gasteiger partial charge >= 0.3 is 0 Å². The van der Waals surface area contributed by atoms with Crippen molar-refractivity contribution in [1.29, 1.82) is 0 Å². The molecule has 2 fully saturated rings. The van der Waals surface area contributed by atoms with Crippen LogP contribution in [-0.2, 0) is 20.5 Å². The predicted molar refractivity (Wildman–Crippen MR) is 156 cm³/mol. The highest BCUT2D eigenvalue weighted by atomic mass is 35.5. The number of carbonyl (C=O) groups is 1. The van der Waals surface area contributed by atoms with Gasteiger partial charge in [-0.3, -0.25) is 4.79 Å². The second-order valence-electron chi connectivity index (χ2n) is 10.7. The molecule has 3 aromatic carbocycles. The lowest BCUT2D eigenvalue weighted by Gasteiger charge is -2.25. The lowest BCUT2D eigenvalue weighted by Crippen LogP contribution is -2.32. The van der Waals surface area contributed by atoms with Crippen molar-refractivity contribution < 1.29 is 22.7 Å². The molecule has 0 radical (unpaired) electrons. The summed E-state index contributed by atoms with van der Waals surface area (Å²) in [7, 11) is -1.99. The number of methoxy groups -OCH3 is 1. The monoisotopic (exact) mass is 582 g/mol. The van der Waals surface area contributed by atoms with Gasteiger partial charge < -0.3 is 14.4 Å². The summed E-state index contributed by atoms with van der Waals surface area (Å²) in [5.41, 5.74) is 4.12. The van der Waals surface area contributed by atoms with Gasteiger partial charge in [-0.2, -0.15) is 4.31 Å². The molecule has 0 aromatic heterocycles. The van der Waals surface area contributed by atoms with Gasteiger partial charge in [-0.1, -0.05) is 59.6 Å². The van der Waals surface area contributed by atoms with E-state index in [-0.39, 0.29) is 29.9 Å². The molecule has 0 N–H and O–H groups in total. The van der Waals surface area contributed by atoms with Gasteiger partial charge in [-0.15, -0.1) is 0 Å². The summed E-state index contributed by atoms with van der Waals surface area (Å²) >= 11 is 6.41. The third-order valence-electron chi connectivity index (χ3n) is 7.79. The number of sulfonamides is 1. The van der Waals surface area contributed by atoms with Crippen molar-refractivity contribution in [1.82, 2.24) is 9.21 Å². The Kier molecular flexibility index (Phi) is 8.52. The van der Waals surface area contributed by atoms with Crippen molar-refractivity contribution in [3.05, 3.63) is 99.6 Å². The van der Waals surface area contributed by atoms with Gasteiger partial charge in [0.15, 0.2) is 0 Å². The highest BCUT2D eigenvalue weighted by Gasteiger charge is 2.38. The minimum atomic E-state index is -3.60. The number of hydrogen-bond acceptors (Lipinski definition) is 5. The van der Waals surface area contributed by atoms with E-state index in [1.54, 1.807) is 46.6 Å². The van der Waals surface area contributed by atoms with E-state index in [4.69, 9.17) is 21.1 Å². The molecule has 1 unspecified atom stereocenters. The van der Waals surface area contributed by atoms with Crippen LogP contribution in [0, 0.1) is 13.8 Å². The molecule has 3 atom stereocenters. The van der Waals surface area contributed by atoms with Crippen LogP contribution in [0.25, 0.3) is 0 Å². The Balaban J connectivity index is 1.29. The van der Waals surface area contributed by atoms with Gasteiger partial charge in [0.05, 0.1) is 24.9 Å². The Hall–Kier alpha value is -2.91. The molecule has 1 amide bonds. The molecule has 2 aliphatic heterocycles. The van der Waals surface area contributed by atoms with Crippen LogP contribution in [0.4, 0.5) is 0 Å². The third-order valence-corrected chi connectivity index (χ3v) is 9.98. The fourth-order valence-corrected chi connectivity index (χ4v) is 7.73. The van der Waals surface area contributed by atoms with Gasteiger partial charge in [-0.05, 0) is 67.6 Å². The lowest BCUT2D eigenvalue weighted by molar-refractivity contribution is 0.0339. The Morgan fingerprint density at radius 2 is 1.77 bits per heavy atom. The summed E-state index contributed by atoms with van der Waals surface area (Å²) < 4.78 is 40.6. The van der Waals surface area contributed by atoms with Crippen molar-refractivity contribution in [2.75, 3.05) is 26.7 Å². The molecule has 0 saturated carbocycles. The molecule has 9 heteroatoms. The van der Waals surface area contributed by atoms with Crippen molar-refractivity contribution in [2.45, 2.75) is 50.7 Å². The van der Waals surface area contributed by atoms with Gasteiger partial charge in [0.25, 0.3) is 5.91 Å². The Morgan fingerprint density at radius 3 is 2.55 bits per heavy atom. The average Bonchev–Trinajstić information content (AvgIpc) is 3.58. The first-order chi connectivity index (χ1) is 19.2. The largest absolute Gasteiger partial charge is 0.486 e. The zero-order valence-electron chi connectivity index (χ0n) is 23.0. The van der Waals surface area contributed by atoms with Gasteiger partial charge in [-0.25, -0.2) is 8.42 Å². The molecule has 2 heterocycles. The maximum absolute atomic E-state index is 13.5. The topological polar surface area (TPSA) is 76.1 Å². The molecule has 3 aromatic rings. The van der Waals surface area contributed by atoms with Crippen LogP contribution in [0.3, 0.4) is 0 Å². The molecule has 212 valence electrons. The molecular weight excluding hydrogens is 548 g/mol. The van der Waals surface area contributed by atoms with Gasteiger partial charge in [0.2, 0.25) is 10.0 Å². The second kappa shape index (κ2) is 11.9. The number of aryl methyl sites for hydroxylation is 2. The molecular formula is C31H35ClN2O5S. The van der Waals surface area contributed by atoms with Crippen LogP contribution in [0.2, 0.25) is 5.02 Å². The molecule has 2 saturated heterocycles. The summed E-state index contributed by atoms with van der Waals surface area (Å²) in [4.78, 5) is 15.1. The number of amides is 1. The van der Waals surface area contributed by atoms with Crippen LogP contribution < -0.4 is 4.74 Å². The van der Waals surface area contributed by atoms with E-state index in [1.807, 2.05) is 50.2 Å². The standard InChI is InChI=1S/C31H35ClN2O5S/c1-21-13-14-22(2)26(16-21)31(35)33-18-29(38-3)30(19-33)39-24-9-6-8-23(17-24)20-40(36,37)34-15-7-12-28(34)25-10-4-5-11-27(25)32/h4-6,8-11,13-14,16-17,28-30H,7,12,15,18-20H2,1-3H3/t28?,29-,30-/m1/s1. The van der Waals surface area contributed by atoms with E-state index >= 15 is 0 Å². The molecule has 0 spiro atoms. The van der Waals surface area contributed by atoms with E-state index in [0.29, 0.717) is 41.5 Å². The van der Waals surface area contributed by atoms with Gasteiger partial charge in [0, 0.05) is 24.2 Å². The normalized spacial score (nSPS) is 21.6. The summed E-state index contributed by atoms with van der Waals surface area (Å²) in [5, 5.41) is 0.583. The van der Waals surface area contributed by atoms with E-state index in [2.05, 4.69) is 0 Å². The van der Waals surface area contributed by atoms with Gasteiger partial charge in [0.1, 0.15) is 18.0 Å². The van der Waals surface area contributed by atoms with Crippen molar-refractivity contribution in [2.24, 2.45) is 0 Å². The molecule has 0 aliphatic carbocycles. The number of ether oxygens (including phenoxy) is 2. The number of nitrogens with zero attached hydrogens (tertiary/aromatic N) is 2. The molecule has 40 heavy (non-hydrogen) atoms. The highest BCUT2D eigenvalue weighted by molar-refractivity contribution is 7.88. The smallest absolute Gasteiger partial charge is 0.254 e. The molecule has 5 rings (SSSR count). The third kappa shape index (κ3) is 6.05. The summed E-state index contributed by atoms with van der Waals surface area (Å²) in [6.07, 6.45) is 0.843. The lowest BCUT2D eigenvalue weighted by atomic mass is 10.0.